The Hall–Kier alpha value is -2.39. The number of benzene rings is 1. The van der Waals surface area contributed by atoms with E-state index in [9.17, 15) is 4.79 Å². The summed E-state index contributed by atoms with van der Waals surface area (Å²) in [5.74, 6) is 0.308. The smallest absolute Gasteiger partial charge is 0.184 e. The van der Waals surface area contributed by atoms with Gasteiger partial charge in [0, 0.05) is 35.6 Å². The number of aromatic amines is 1. The average molecular weight is 346 g/mol. The summed E-state index contributed by atoms with van der Waals surface area (Å²) in [5, 5.41) is 1.13. The summed E-state index contributed by atoms with van der Waals surface area (Å²) in [6.07, 6.45) is 12.7. The monoisotopic (exact) mass is 346 g/mol. The first-order chi connectivity index (χ1) is 12.7. The van der Waals surface area contributed by atoms with Crippen molar-refractivity contribution in [3.8, 4) is 0 Å². The van der Waals surface area contributed by atoms with E-state index in [2.05, 4.69) is 35.3 Å². The van der Waals surface area contributed by atoms with Crippen molar-refractivity contribution in [3.63, 3.8) is 0 Å². The first-order valence-electron chi connectivity index (χ1n) is 9.51. The number of nitrogens with zero attached hydrogens (tertiary/aromatic N) is 1. The minimum atomic E-state index is -0.385. The van der Waals surface area contributed by atoms with Crippen molar-refractivity contribution in [2.75, 3.05) is 13.1 Å². The zero-order valence-corrected chi connectivity index (χ0v) is 15.3. The fourth-order valence-electron chi connectivity index (χ4n) is 4.67. The molecule has 1 N–H and O–H groups in total. The van der Waals surface area contributed by atoms with Crippen LogP contribution in [0, 0.1) is 0 Å². The van der Waals surface area contributed by atoms with Crippen molar-refractivity contribution in [2.24, 2.45) is 0 Å². The molecule has 1 spiro atoms. The van der Waals surface area contributed by atoms with Gasteiger partial charge in [-0.1, -0.05) is 49.1 Å². The molecule has 1 aromatic heterocycles. The summed E-state index contributed by atoms with van der Waals surface area (Å²) in [5.41, 5.74) is 3.95. The lowest BCUT2D eigenvalue weighted by molar-refractivity contribution is 0.0356. The van der Waals surface area contributed by atoms with Gasteiger partial charge in [0.1, 0.15) is 0 Å². The molecule has 3 heteroatoms. The minimum Gasteiger partial charge on any atom is -0.361 e. The molecule has 2 aromatic rings. The first-order valence-corrected chi connectivity index (χ1v) is 9.51. The van der Waals surface area contributed by atoms with Crippen molar-refractivity contribution in [1.82, 2.24) is 9.88 Å². The maximum absolute atomic E-state index is 13.6. The van der Waals surface area contributed by atoms with Crippen LogP contribution < -0.4 is 0 Å². The second-order valence-corrected chi connectivity index (χ2v) is 7.53. The molecule has 0 amide bonds. The summed E-state index contributed by atoms with van der Waals surface area (Å²) >= 11 is 0. The van der Waals surface area contributed by atoms with Crippen molar-refractivity contribution < 1.29 is 4.79 Å². The van der Waals surface area contributed by atoms with Crippen LogP contribution >= 0.6 is 0 Å². The van der Waals surface area contributed by atoms with Gasteiger partial charge in [-0.05, 0) is 43.9 Å². The zero-order valence-electron chi connectivity index (χ0n) is 15.3. The van der Waals surface area contributed by atoms with Crippen LogP contribution in [0.3, 0.4) is 0 Å². The number of likely N-dealkylation sites (tertiary alicyclic amines) is 1. The van der Waals surface area contributed by atoms with Crippen molar-refractivity contribution in [2.45, 2.75) is 37.6 Å². The molecule has 1 fully saturated rings. The van der Waals surface area contributed by atoms with Crippen LogP contribution in [0.15, 0.2) is 61.4 Å². The summed E-state index contributed by atoms with van der Waals surface area (Å²) in [4.78, 5) is 19.4. The molecule has 0 saturated carbocycles. The average Bonchev–Trinajstić information content (AvgIpc) is 3.07. The normalized spacial score (nSPS) is 23.2. The van der Waals surface area contributed by atoms with Crippen LogP contribution in [0.1, 0.15) is 41.6 Å². The van der Waals surface area contributed by atoms with Crippen LogP contribution in [0.5, 0.6) is 0 Å². The number of carbonyl (C=O) groups is 1. The third kappa shape index (κ3) is 2.67. The predicted molar refractivity (Wildman–Crippen MR) is 108 cm³/mol. The second kappa shape index (κ2) is 6.73. The molecule has 3 nitrogen and oxygen atoms in total. The third-order valence-electron chi connectivity index (χ3n) is 5.98. The molecule has 0 radical (unpaired) electrons. The zero-order chi connectivity index (χ0) is 18.1. The number of H-pyrrole nitrogens is 1. The third-order valence-corrected chi connectivity index (χ3v) is 5.98. The molecule has 134 valence electrons. The van der Waals surface area contributed by atoms with E-state index < -0.39 is 0 Å². The number of carbonyl (C=O) groups excluding carboxylic acids is 1. The Morgan fingerprint density at radius 3 is 3.08 bits per heavy atom. The molecule has 26 heavy (non-hydrogen) atoms. The fraction of sp³-hybridized carbons (Fsp3) is 0.348. The van der Waals surface area contributed by atoms with Crippen molar-refractivity contribution >= 4 is 16.7 Å². The topological polar surface area (TPSA) is 36.1 Å². The van der Waals surface area contributed by atoms with E-state index in [0.29, 0.717) is 5.78 Å². The maximum Gasteiger partial charge on any atom is 0.184 e. The highest BCUT2D eigenvalue weighted by Gasteiger charge is 2.48. The number of allylic oxidation sites excluding steroid dienone is 3. The Labute approximate surface area is 155 Å². The minimum absolute atomic E-state index is 0.308. The van der Waals surface area contributed by atoms with Gasteiger partial charge in [-0.2, -0.15) is 0 Å². The number of Topliss-reactive ketones (excluding diaryl/α,β-unsaturated/α-hetero) is 1. The first kappa shape index (κ1) is 17.0. The van der Waals surface area contributed by atoms with Gasteiger partial charge in [0.05, 0.1) is 5.54 Å². The van der Waals surface area contributed by atoms with Gasteiger partial charge < -0.3 is 4.98 Å². The number of piperidine rings is 1. The highest BCUT2D eigenvalue weighted by atomic mass is 16.1. The van der Waals surface area contributed by atoms with Crippen LogP contribution in [-0.2, 0) is 6.42 Å². The number of ketones is 1. The van der Waals surface area contributed by atoms with Crippen LogP contribution in [0.4, 0.5) is 0 Å². The Morgan fingerprint density at radius 1 is 1.35 bits per heavy atom. The molecule has 1 aliphatic carbocycles. The van der Waals surface area contributed by atoms with Gasteiger partial charge in [-0.25, -0.2) is 0 Å². The van der Waals surface area contributed by atoms with Crippen LogP contribution in [-0.4, -0.2) is 34.3 Å². The quantitative estimate of drug-likeness (QED) is 0.788. The standard InChI is InChI=1S/C23H26N2O/c1-3-4-8-17(2)11-14-25-13-6-5-12-23(25)15-18-16-24-20-10-7-9-19(21(18)20)22(23)26/h3-4,7-10,16,24H,1-2,5-6,11-15H2/b8-4-. The highest BCUT2D eigenvalue weighted by molar-refractivity contribution is 6.15. The van der Waals surface area contributed by atoms with Gasteiger partial charge in [0.15, 0.2) is 5.78 Å². The van der Waals surface area contributed by atoms with Gasteiger partial charge >= 0.3 is 0 Å². The molecule has 1 aromatic carbocycles. The van der Waals surface area contributed by atoms with Gasteiger partial charge in [-0.15, -0.1) is 0 Å². The molecule has 0 bridgehead atoms. The Balaban J connectivity index is 1.65. The Morgan fingerprint density at radius 2 is 2.23 bits per heavy atom. The van der Waals surface area contributed by atoms with Crippen LogP contribution in [0.25, 0.3) is 10.9 Å². The summed E-state index contributed by atoms with van der Waals surface area (Å²) in [6.45, 7) is 9.71. The van der Waals surface area contributed by atoms with E-state index in [4.69, 9.17) is 0 Å². The molecule has 2 heterocycles. The highest BCUT2D eigenvalue weighted by Crippen LogP contribution is 2.42. The largest absolute Gasteiger partial charge is 0.361 e. The summed E-state index contributed by atoms with van der Waals surface area (Å²) < 4.78 is 0. The molecule has 1 aliphatic heterocycles. The van der Waals surface area contributed by atoms with Crippen molar-refractivity contribution in [3.05, 3.63) is 72.5 Å². The SMILES string of the molecule is C=C/C=C\C(=C)CCN1CCCCC12Cc1c[nH]c3cccc(c13)C2=O. The number of nitrogens with one attached hydrogen (secondary N) is 1. The van der Waals surface area contributed by atoms with E-state index in [1.54, 1.807) is 6.08 Å². The molecule has 2 aliphatic rings. The summed E-state index contributed by atoms with van der Waals surface area (Å²) in [7, 11) is 0. The molecule has 1 unspecified atom stereocenters. The Bertz CT molecular complexity index is 904. The molecule has 1 saturated heterocycles. The Kier molecular flexibility index (Phi) is 4.41. The maximum atomic E-state index is 13.6. The number of hydrogen-bond acceptors (Lipinski definition) is 2. The lowest BCUT2D eigenvalue weighted by atomic mass is 9.71. The van der Waals surface area contributed by atoms with E-state index in [1.165, 1.54) is 5.56 Å². The second-order valence-electron chi connectivity index (χ2n) is 7.53. The lowest BCUT2D eigenvalue weighted by Gasteiger charge is -2.48. The fourth-order valence-corrected chi connectivity index (χ4v) is 4.67. The molecular formula is C23H26N2O. The van der Waals surface area contributed by atoms with E-state index in [1.807, 2.05) is 24.3 Å². The van der Waals surface area contributed by atoms with E-state index in [0.717, 1.165) is 67.2 Å². The number of rotatable bonds is 5. The van der Waals surface area contributed by atoms with E-state index in [-0.39, 0.29) is 5.54 Å². The van der Waals surface area contributed by atoms with Gasteiger partial charge in [0.2, 0.25) is 0 Å². The van der Waals surface area contributed by atoms with Gasteiger partial charge in [0.25, 0.3) is 0 Å². The predicted octanol–water partition coefficient (Wildman–Crippen LogP) is 4.82. The van der Waals surface area contributed by atoms with Crippen LogP contribution in [0.2, 0.25) is 0 Å². The van der Waals surface area contributed by atoms with Crippen molar-refractivity contribution in [1.29, 1.82) is 0 Å². The number of hydrogen-bond donors (Lipinski definition) is 1. The molecular weight excluding hydrogens is 320 g/mol. The van der Waals surface area contributed by atoms with E-state index >= 15 is 0 Å². The summed E-state index contributed by atoms with van der Waals surface area (Å²) in [6, 6.07) is 6.05. The molecule has 4 rings (SSSR count). The number of aromatic nitrogens is 1. The van der Waals surface area contributed by atoms with Gasteiger partial charge in [-0.3, -0.25) is 9.69 Å². The lowest BCUT2D eigenvalue weighted by Crippen LogP contribution is -2.59. The molecule has 1 atom stereocenters.